The van der Waals surface area contributed by atoms with E-state index in [1.807, 2.05) is 0 Å². The maximum atomic E-state index is 12.1. The third-order valence-electron chi connectivity index (χ3n) is 2.59. The number of hydrogen-bond donors (Lipinski definition) is 1. The summed E-state index contributed by atoms with van der Waals surface area (Å²) >= 11 is 5.67. The molecule has 1 aromatic carbocycles. The van der Waals surface area contributed by atoms with Gasteiger partial charge < -0.3 is 5.11 Å². The number of benzene rings is 1. The first kappa shape index (κ1) is 12.8. The molecule has 1 unspecified atom stereocenters. The Balaban J connectivity index is 2.70. The molecule has 1 aliphatic rings. The lowest BCUT2D eigenvalue weighted by Gasteiger charge is -2.27. The van der Waals surface area contributed by atoms with E-state index in [4.69, 9.17) is 16.7 Å². The van der Waals surface area contributed by atoms with Gasteiger partial charge in [0.2, 0.25) is 5.00 Å². The molecule has 0 fully saturated rings. The van der Waals surface area contributed by atoms with Crippen molar-refractivity contribution in [2.24, 2.45) is 0 Å². The molecule has 1 heterocycles. The number of sulfonamides is 1. The number of hydrogen-bond acceptors (Lipinski definition) is 4. The molecule has 0 aliphatic carbocycles. The molecule has 18 heavy (non-hydrogen) atoms. The molecule has 0 bridgehead atoms. The molecule has 1 aliphatic heterocycles. The van der Waals surface area contributed by atoms with Gasteiger partial charge in [0, 0.05) is 0 Å². The van der Waals surface area contributed by atoms with Gasteiger partial charge in [-0.05, 0) is 19.1 Å². The van der Waals surface area contributed by atoms with E-state index in [-0.39, 0.29) is 14.8 Å². The Bertz CT molecular complexity index is 652. The van der Waals surface area contributed by atoms with Gasteiger partial charge in [0.15, 0.2) is 0 Å². The highest BCUT2D eigenvalue weighted by Crippen LogP contribution is 2.37. The van der Waals surface area contributed by atoms with Gasteiger partial charge in [-0.2, -0.15) is 4.31 Å². The Morgan fingerprint density at radius 3 is 2.44 bits per heavy atom. The van der Waals surface area contributed by atoms with Crippen molar-refractivity contribution in [2.75, 3.05) is 0 Å². The molecule has 96 valence electrons. The SMILES string of the molecule is CC(Cl)(C(=O)O)N1C(=O)c2ccccc2S1(=O)=O. The van der Waals surface area contributed by atoms with Gasteiger partial charge in [0.05, 0.1) is 5.56 Å². The number of rotatable bonds is 2. The normalized spacial score (nSPS) is 20.3. The van der Waals surface area contributed by atoms with Crippen LogP contribution in [0.4, 0.5) is 0 Å². The first-order valence-corrected chi connectivity index (χ1v) is 6.63. The zero-order chi connectivity index (χ0) is 13.7. The Kier molecular flexibility index (Phi) is 2.64. The van der Waals surface area contributed by atoms with E-state index in [1.54, 1.807) is 0 Å². The third-order valence-corrected chi connectivity index (χ3v) is 4.95. The molecule has 8 heteroatoms. The summed E-state index contributed by atoms with van der Waals surface area (Å²) in [5.74, 6) is -2.56. The second kappa shape index (κ2) is 3.69. The van der Waals surface area contributed by atoms with Crippen molar-refractivity contribution < 1.29 is 23.1 Å². The van der Waals surface area contributed by atoms with E-state index in [0.717, 1.165) is 6.92 Å². The largest absolute Gasteiger partial charge is 0.479 e. The molecule has 2 rings (SSSR count). The Labute approximate surface area is 108 Å². The van der Waals surface area contributed by atoms with E-state index in [9.17, 15) is 18.0 Å². The van der Waals surface area contributed by atoms with E-state index < -0.39 is 26.9 Å². The number of carbonyl (C=O) groups excluding carboxylic acids is 1. The lowest BCUT2D eigenvalue weighted by molar-refractivity contribution is -0.142. The van der Waals surface area contributed by atoms with Crippen molar-refractivity contribution in [1.29, 1.82) is 0 Å². The Morgan fingerprint density at radius 1 is 1.39 bits per heavy atom. The smallest absolute Gasteiger partial charge is 0.346 e. The minimum absolute atomic E-state index is 0.0781. The van der Waals surface area contributed by atoms with Crippen LogP contribution in [-0.2, 0) is 14.8 Å². The van der Waals surface area contributed by atoms with Crippen molar-refractivity contribution in [1.82, 2.24) is 4.31 Å². The van der Waals surface area contributed by atoms with Gasteiger partial charge in [-0.3, -0.25) is 4.79 Å². The van der Waals surface area contributed by atoms with Crippen LogP contribution in [0.25, 0.3) is 0 Å². The molecule has 1 amide bonds. The maximum absolute atomic E-state index is 12.1. The number of carboxylic acids is 1. The molecular weight excluding hydrogens is 282 g/mol. The molecule has 0 aromatic heterocycles. The van der Waals surface area contributed by atoms with Gasteiger partial charge in [0.1, 0.15) is 4.90 Å². The number of nitrogens with zero attached hydrogens (tertiary/aromatic N) is 1. The minimum atomic E-state index is -4.23. The minimum Gasteiger partial charge on any atom is -0.479 e. The van der Waals surface area contributed by atoms with Crippen LogP contribution >= 0.6 is 11.6 Å². The third kappa shape index (κ3) is 1.51. The highest BCUT2D eigenvalue weighted by atomic mass is 35.5. The number of halogens is 1. The fourth-order valence-electron chi connectivity index (χ4n) is 1.69. The fourth-order valence-corrected chi connectivity index (χ4v) is 3.76. The van der Waals surface area contributed by atoms with Crippen molar-refractivity contribution in [3.8, 4) is 0 Å². The van der Waals surface area contributed by atoms with Gasteiger partial charge >= 0.3 is 5.97 Å². The molecule has 0 saturated heterocycles. The molecule has 0 radical (unpaired) electrons. The van der Waals surface area contributed by atoms with Gasteiger partial charge in [-0.15, -0.1) is 0 Å². The molecule has 1 aromatic rings. The predicted octanol–water partition coefficient (Wildman–Crippen LogP) is 0.871. The average molecular weight is 290 g/mol. The van der Waals surface area contributed by atoms with Crippen LogP contribution in [0.1, 0.15) is 17.3 Å². The first-order valence-electron chi connectivity index (χ1n) is 4.82. The monoisotopic (exact) mass is 289 g/mol. The fraction of sp³-hybridized carbons (Fsp3) is 0.200. The summed E-state index contributed by atoms with van der Waals surface area (Å²) in [6.45, 7) is 0.943. The standard InChI is InChI=1S/C10H8ClNO5S/c1-10(11,9(14)15)12-8(13)6-4-2-3-5-7(6)18(12,16)17/h2-5H,1H3,(H,14,15). The van der Waals surface area contributed by atoms with E-state index in [2.05, 4.69) is 0 Å². The number of aliphatic carboxylic acids is 1. The molecular formula is C10H8ClNO5S. The summed E-state index contributed by atoms with van der Waals surface area (Å²) < 4.78 is 24.4. The Morgan fingerprint density at radius 2 is 1.94 bits per heavy atom. The van der Waals surface area contributed by atoms with E-state index in [1.165, 1.54) is 24.3 Å². The predicted molar refractivity (Wildman–Crippen MR) is 61.7 cm³/mol. The van der Waals surface area contributed by atoms with Crippen LogP contribution in [0.2, 0.25) is 0 Å². The van der Waals surface area contributed by atoms with Crippen LogP contribution in [0.15, 0.2) is 29.2 Å². The number of amides is 1. The van der Waals surface area contributed by atoms with Crippen molar-refractivity contribution in [3.63, 3.8) is 0 Å². The average Bonchev–Trinajstić information content (AvgIpc) is 2.47. The second-order valence-electron chi connectivity index (χ2n) is 3.83. The summed E-state index contributed by atoms with van der Waals surface area (Å²) in [5.41, 5.74) is -0.0781. The molecule has 0 spiro atoms. The quantitative estimate of drug-likeness (QED) is 0.644. The first-order chi connectivity index (χ1) is 8.20. The summed E-state index contributed by atoms with van der Waals surface area (Å²) in [6.07, 6.45) is 0. The van der Waals surface area contributed by atoms with Crippen LogP contribution in [0, 0.1) is 0 Å². The topological polar surface area (TPSA) is 91.8 Å². The van der Waals surface area contributed by atoms with Gasteiger partial charge in [0.25, 0.3) is 15.9 Å². The number of carboxylic acid groups (broad SMARTS) is 1. The second-order valence-corrected chi connectivity index (χ2v) is 6.32. The lowest BCUT2D eigenvalue weighted by Crippen LogP contribution is -2.50. The van der Waals surface area contributed by atoms with Gasteiger partial charge in [-0.1, -0.05) is 23.7 Å². The maximum Gasteiger partial charge on any atom is 0.346 e. The van der Waals surface area contributed by atoms with Crippen LogP contribution in [0.3, 0.4) is 0 Å². The highest BCUT2D eigenvalue weighted by molar-refractivity contribution is 7.90. The van der Waals surface area contributed by atoms with Gasteiger partial charge in [-0.25, -0.2) is 13.2 Å². The van der Waals surface area contributed by atoms with Crippen molar-refractivity contribution in [2.45, 2.75) is 16.8 Å². The van der Waals surface area contributed by atoms with Crippen molar-refractivity contribution >= 4 is 33.5 Å². The zero-order valence-electron chi connectivity index (χ0n) is 9.12. The zero-order valence-corrected chi connectivity index (χ0v) is 10.7. The Hall–Kier alpha value is -1.60. The van der Waals surface area contributed by atoms with Crippen LogP contribution < -0.4 is 0 Å². The molecule has 0 saturated carbocycles. The summed E-state index contributed by atoms with van der Waals surface area (Å²) in [6, 6.07) is 5.48. The summed E-state index contributed by atoms with van der Waals surface area (Å²) in [7, 11) is -4.23. The van der Waals surface area contributed by atoms with E-state index in [0.29, 0.717) is 0 Å². The van der Waals surface area contributed by atoms with Crippen LogP contribution in [0.5, 0.6) is 0 Å². The molecule has 1 atom stereocenters. The number of alkyl halides is 1. The molecule has 6 nitrogen and oxygen atoms in total. The molecule has 1 N–H and O–H groups in total. The lowest BCUT2D eigenvalue weighted by atomic mass is 10.2. The van der Waals surface area contributed by atoms with Crippen LogP contribution in [-0.4, -0.2) is 34.7 Å². The highest BCUT2D eigenvalue weighted by Gasteiger charge is 2.53. The van der Waals surface area contributed by atoms with E-state index >= 15 is 0 Å². The number of fused-ring (bicyclic) bond motifs is 1. The number of carbonyl (C=O) groups is 2. The van der Waals surface area contributed by atoms with Crippen molar-refractivity contribution in [3.05, 3.63) is 29.8 Å². The summed E-state index contributed by atoms with van der Waals surface area (Å²) in [4.78, 5) is 20.4. The summed E-state index contributed by atoms with van der Waals surface area (Å²) in [5, 5.41) is 8.94.